The monoisotopic (exact) mass is 323 g/mol. The maximum atomic E-state index is 12.1. The van der Waals surface area contributed by atoms with Crippen molar-refractivity contribution in [2.75, 3.05) is 20.8 Å². The van der Waals surface area contributed by atoms with Crippen molar-refractivity contribution in [1.82, 2.24) is 35.1 Å². The average molecular weight is 323 g/mol. The van der Waals surface area contributed by atoms with Gasteiger partial charge in [0.1, 0.15) is 6.33 Å². The third-order valence-corrected chi connectivity index (χ3v) is 3.17. The summed E-state index contributed by atoms with van der Waals surface area (Å²) < 4.78 is 11.9. The fourth-order valence-electron chi connectivity index (χ4n) is 1.85. The van der Waals surface area contributed by atoms with E-state index in [-0.39, 0.29) is 12.6 Å². The van der Waals surface area contributed by atoms with E-state index in [0.29, 0.717) is 43.7 Å². The van der Waals surface area contributed by atoms with E-state index < -0.39 is 0 Å². The van der Waals surface area contributed by atoms with Gasteiger partial charge in [-0.1, -0.05) is 12.1 Å². The van der Waals surface area contributed by atoms with Crippen LogP contribution in [0.5, 0.6) is 0 Å². The standard InChI is InChI=1S/C13H21N7O3/c1-4-10-16-12(23-18-10)7-14-13(21)19(2)8-11-17-15-9-20(11)5-6-22-3/h9H,4-8H2,1-3H3,(H,14,21). The number of nitrogens with zero attached hydrogens (tertiary/aromatic N) is 6. The zero-order valence-electron chi connectivity index (χ0n) is 13.5. The molecule has 2 aromatic rings. The van der Waals surface area contributed by atoms with E-state index in [0.717, 1.165) is 0 Å². The molecule has 0 fully saturated rings. The molecule has 126 valence electrons. The lowest BCUT2D eigenvalue weighted by Gasteiger charge is -2.17. The highest BCUT2D eigenvalue weighted by molar-refractivity contribution is 5.73. The minimum atomic E-state index is -0.262. The van der Waals surface area contributed by atoms with Gasteiger partial charge in [-0.15, -0.1) is 10.2 Å². The van der Waals surface area contributed by atoms with E-state index in [1.807, 2.05) is 11.5 Å². The van der Waals surface area contributed by atoms with Crippen molar-refractivity contribution in [2.24, 2.45) is 0 Å². The first-order chi connectivity index (χ1) is 11.1. The van der Waals surface area contributed by atoms with Crippen LogP contribution in [0.25, 0.3) is 0 Å². The maximum Gasteiger partial charge on any atom is 0.317 e. The molecule has 0 spiro atoms. The highest BCUT2D eigenvalue weighted by Gasteiger charge is 2.14. The summed E-state index contributed by atoms with van der Waals surface area (Å²) >= 11 is 0. The van der Waals surface area contributed by atoms with Gasteiger partial charge >= 0.3 is 6.03 Å². The molecule has 0 saturated heterocycles. The molecule has 0 bridgehead atoms. The SMILES string of the molecule is CCc1noc(CNC(=O)N(C)Cc2nncn2CCOC)n1. The van der Waals surface area contributed by atoms with Gasteiger partial charge in [0.25, 0.3) is 0 Å². The van der Waals surface area contributed by atoms with Gasteiger partial charge in [0.2, 0.25) is 5.89 Å². The van der Waals surface area contributed by atoms with E-state index in [4.69, 9.17) is 9.26 Å². The first-order valence-electron chi connectivity index (χ1n) is 7.30. The first kappa shape index (κ1) is 16.9. The number of hydrogen-bond acceptors (Lipinski definition) is 7. The Morgan fingerprint density at radius 3 is 3.04 bits per heavy atom. The Morgan fingerprint density at radius 1 is 1.52 bits per heavy atom. The number of carbonyl (C=O) groups excluding carboxylic acids is 1. The van der Waals surface area contributed by atoms with Crippen molar-refractivity contribution in [3.63, 3.8) is 0 Å². The van der Waals surface area contributed by atoms with Crippen molar-refractivity contribution in [3.8, 4) is 0 Å². The minimum absolute atomic E-state index is 0.187. The zero-order valence-corrected chi connectivity index (χ0v) is 13.5. The predicted molar refractivity (Wildman–Crippen MR) is 79.3 cm³/mol. The quantitative estimate of drug-likeness (QED) is 0.739. The molecule has 0 unspecified atom stereocenters. The van der Waals surface area contributed by atoms with Crippen LogP contribution in [0.4, 0.5) is 4.79 Å². The molecule has 10 nitrogen and oxygen atoms in total. The van der Waals surface area contributed by atoms with E-state index in [1.165, 1.54) is 4.90 Å². The summed E-state index contributed by atoms with van der Waals surface area (Å²) in [4.78, 5) is 17.7. The van der Waals surface area contributed by atoms with Crippen LogP contribution in [0.1, 0.15) is 24.5 Å². The van der Waals surface area contributed by atoms with Crippen molar-refractivity contribution < 1.29 is 14.1 Å². The number of aryl methyl sites for hydroxylation is 1. The summed E-state index contributed by atoms with van der Waals surface area (Å²) in [6, 6.07) is -0.262. The van der Waals surface area contributed by atoms with Crippen LogP contribution in [0.2, 0.25) is 0 Å². The van der Waals surface area contributed by atoms with Crippen LogP contribution in [0.15, 0.2) is 10.9 Å². The summed E-state index contributed by atoms with van der Waals surface area (Å²) in [6.45, 7) is 3.64. The van der Waals surface area contributed by atoms with E-state index >= 15 is 0 Å². The summed E-state index contributed by atoms with van der Waals surface area (Å²) in [6.07, 6.45) is 2.30. The fourth-order valence-corrected chi connectivity index (χ4v) is 1.85. The molecule has 0 aromatic carbocycles. The van der Waals surface area contributed by atoms with Crippen LogP contribution in [0, 0.1) is 0 Å². The molecule has 2 heterocycles. The molecule has 0 aliphatic rings. The molecule has 0 aliphatic carbocycles. The normalized spacial score (nSPS) is 10.7. The number of ether oxygens (including phenoxy) is 1. The number of nitrogens with one attached hydrogen (secondary N) is 1. The number of carbonyl (C=O) groups is 1. The Bertz CT molecular complexity index is 625. The molecule has 0 saturated carbocycles. The number of aromatic nitrogens is 5. The van der Waals surface area contributed by atoms with Gasteiger partial charge in [0.15, 0.2) is 11.6 Å². The molecule has 23 heavy (non-hydrogen) atoms. The molecule has 0 aliphatic heterocycles. The van der Waals surface area contributed by atoms with Gasteiger partial charge in [-0.3, -0.25) is 0 Å². The first-order valence-corrected chi connectivity index (χ1v) is 7.30. The van der Waals surface area contributed by atoms with Crippen LogP contribution >= 0.6 is 0 Å². The number of amides is 2. The smallest absolute Gasteiger partial charge is 0.317 e. The third kappa shape index (κ3) is 4.74. The summed E-state index contributed by atoms with van der Waals surface area (Å²) in [5, 5.41) is 14.4. The Hall–Kier alpha value is -2.49. The molecular formula is C13H21N7O3. The van der Waals surface area contributed by atoms with Crippen LogP contribution in [-0.2, 0) is 30.8 Å². The summed E-state index contributed by atoms with van der Waals surface area (Å²) in [5.41, 5.74) is 0. The van der Waals surface area contributed by atoms with E-state index in [9.17, 15) is 4.79 Å². The summed E-state index contributed by atoms with van der Waals surface area (Å²) in [7, 11) is 3.31. The molecular weight excluding hydrogens is 302 g/mol. The van der Waals surface area contributed by atoms with Crippen molar-refractivity contribution >= 4 is 6.03 Å². The third-order valence-electron chi connectivity index (χ3n) is 3.17. The van der Waals surface area contributed by atoms with Gasteiger partial charge < -0.3 is 24.0 Å². The summed E-state index contributed by atoms with van der Waals surface area (Å²) in [5.74, 6) is 1.69. The lowest BCUT2D eigenvalue weighted by molar-refractivity contribution is 0.183. The van der Waals surface area contributed by atoms with Crippen LogP contribution < -0.4 is 5.32 Å². The molecule has 2 aromatic heterocycles. The van der Waals surface area contributed by atoms with Gasteiger partial charge in [-0.25, -0.2) is 4.79 Å². The molecule has 10 heteroatoms. The minimum Gasteiger partial charge on any atom is -0.383 e. The highest BCUT2D eigenvalue weighted by Crippen LogP contribution is 2.02. The Morgan fingerprint density at radius 2 is 2.35 bits per heavy atom. The topological polar surface area (TPSA) is 111 Å². The van der Waals surface area contributed by atoms with E-state index in [1.54, 1.807) is 20.5 Å². The molecule has 0 atom stereocenters. The number of rotatable bonds is 8. The molecule has 2 amide bonds. The number of methoxy groups -OCH3 is 1. The maximum absolute atomic E-state index is 12.1. The Labute approximate surface area is 133 Å². The highest BCUT2D eigenvalue weighted by atomic mass is 16.5. The second-order valence-corrected chi connectivity index (χ2v) is 4.91. The van der Waals surface area contributed by atoms with Gasteiger partial charge in [-0.05, 0) is 0 Å². The van der Waals surface area contributed by atoms with Gasteiger partial charge in [0.05, 0.1) is 19.7 Å². The van der Waals surface area contributed by atoms with Crippen molar-refractivity contribution in [1.29, 1.82) is 0 Å². The van der Waals surface area contributed by atoms with Crippen LogP contribution in [-0.4, -0.2) is 56.6 Å². The second kappa shape index (κ2) is 8.22. The molecule has 2 rings (SSSR count). The van der Waals surface area contributed by atoms with Gasteiger partial charge in [-0.2, -0.15) is 4.98 Å². The second-order valence-electron chi connectivity index (χ2n) is 4.91. The zero-order chi connectivity index (χ0) is 16.7. The average Bonchev–Trinajstić information content (AvgIpc) is 3.19. The Kier molecular flexibility index (Phi) is 6.03. The fraction of sp³-hybridized carbons (Fsp3) is 0.615. The molecule has 0 radical (unpaired) electrons. The largest absolute Gasteiger partial charge is 0.383 e. The van der Waals surface area contributed by atoms with Gasteiger partial charge in [0, 0.05) is 27.1 Å². The Balaban J connectivity index is 1.83. The predicted octanol–water partition coefficient (Wildman–Crippen LogP) is 0.211. The van der Waals surface area contributed by atoms with Crippen molar-refractivity contribution in [2.45, 2.75) is 33.0 Å². The van der Waals surface area contributed by atoms with Crippen molar-refractivity contribution in [3.05, 3.63) is 23.9 Å². The number of urea groups is 1. The molecule has 1 N–H and O–H groups in total. The lowest BCUT2D eigenvalue weighted by Crippen LogP contribution is -2.37. The number of hydrogen-bond donors (Lipinski definition) is 1. The van der Waals surface area contributed by atoms with E-state index in [2.05, 4.69) is 25.7 Å². The van der Waals surface area contributed by atoms with Crippen LogP contribution in [0.3, 0.4) is 0 Å². The lowest BCUT2D eigenvalue weighted by atomic mass is 10.5.